The molecule has 4 nitrogen and oxygen atoms in total. The average molecular weight is 1030 g/mol. The number of aromatic nitrogens is 4. The van der Waals surface area contributed by atoms with Crippen molar-refractivity contribution in [2.24, 2.45) is 0 Å². The van der Waals surface area contributed by atoms with E-state index in [-0.39, 0.29) is 5.41 Å². The van der Waals surface area contributed by atoms with Crippen LogP contribution in [0.15, 0.2) is 273 Å². The summed E-state index contributed by atoms with van der Waals surface area (Å²) in [4.78, 5) is 20.4. The standard InChI is InChI=1S/C76H58N4/c1-5-52-21-27-55(28-22-52)58-37-39-61(40-38-58)67-17-12-18-68(49-67)73-51-70(62-13-8-6-9-14-62)77-75(80-73)66-31-25-54(26-32-66)20-19-53-23-29-56(30-24-53)57-33-35-59(36-34-57)60-41-43-63(44-42-60)71-50-72(64-45-47-69(48-46-64)76(2,3)4)79-74(78-71)65-15-10-7-11-16-65/h5-51H,1H2,2-4H3/b20-19+. The highest BCUT2D eigenvalue weighted by Gasteiger charge is 2.16. The zero-order chi connectivity index (χ0) is 54.4. The van der Waals surface area contributed by atoms with Crippen LogP contribution in [0.3, 0.4) is 0 Å². The molecule has 2 aromatic heterocycles. The van der Waals surface area contributed by atoms with E-state index in [1.165, 1.54) is 27.8 Å². The summed E-state index contributed by atoms with van der Waals surface area (Å²) in [5.74, 6) is 1.39. The lowest BCUT2D eigenvalue weighted by Gasteiger charge is -2.19. The summed E-state index contributed by atoms with van der Waals surface area (Å²) >= 11 is 0. The summed E-state index contributed by atoms with van der Waals surface area (Å²) < 4.78 is 0. The molecule has 10 aromatic carbocycles. The van der Waals surface area contributed by atoms with Crippen molar-refractivity contribution in [2.75, 3.05) is 0 Å². The molecule has 0 aliphatic carbocycles. The first-order valence-electron chi connectivity index (χ1n) is 27.2. The van der Waals surface area contributed by atoms with Crippen LogP contribution in [0.25, 0.3) is 131 Å². The van der Waals surface area contributed by atoms with Gasteiger partial charge in [0.2, 0.25) is 0 Å². The molecule has 0 unspecified atom stereocenters. The first-order valence-corrected chi connectivity index (χ1v) is 27.2. The van der Waals surface area contributed by atoms with Gasteiger partial charge in [-0.15, -0.1) is 0 Å². The van der Waals surface area contributed by atoms with Crippen molar-refractivity contribution >= 4 is 18.2 Å². The largest absolute Gasteiger partial charge is 0.228 e. The van der Waals surface area contributed by atoms with Gasteiger partial charge in [0, 0.05) is 33.4 Å². The fourth-order valence-electron chi connectivity index (χ4n) is 10.0. The number of nitrogens with zero attached hydrogens (tertiary/aromatic N) is 4. The van der Waals surface area contributed by atoms with Gasteiger partial charge in [-0.05, 0) is 90.4 Å². The molecule has 382 valence electrons. The second kappa shape index (κ2) is 22.4. The molecule has 0 saturated heterocycles. The molecule has 2 heterocycles. The first kappa shape index (κ1) is 50.6. The molecule has 12 rings (SSSR count). The highest BCUT2D eigenvalue weighted by molar-refractivity contribution is 5.80. The molecular weight excluding hydrogens is 969 g/mol. The maximum Gasteiger partial charge on any atom is 0.160 e. The van der Waals surface area contributed by atoms with Crippen molar-refractivity contribution < 1.29 is 0 Å². The molecule has 0 radical (unpaired) electrons. The minimum absolute atomic E-state index is 0.0744. The molecule has 0 aliphatic rings. The molecule has 0 aliphatic heterocycles. The molecule has 4 heteroatoms. The minimum atomic E-state index is 0.0744. The molecule has 0 bridgehead atoms. The van der Waals surface area contributed by atoms with E-state index in [1.807, 2.05) is 42.5 Å². The summed E-state index contributed by atoms with van der Waals surface area (Å²) in [6.45, 7) is 10.6. The first-order chi connectivity index (χ1) is 39.1. The molecule has 0 saturated carbocycles. The summed E-state index contributed by atoms with van der Waals surface area (Å²) in [6.07, 6.45) is 6.18. The van der Waals surface area contributed by atoms with Gasteiger partial charge in [-0.25, -0.2) is 19.9 Å². The second-order valence-electron chi connectivity index (χ2n) is 21.2. The fraction of sp³-hybridized carbons (Fsp3) is 0.0526. The van der Waals surface area contributed by atoms with Gasteiger partial charge in [0.05, 0.1) is 22.8 Å². The van der Waals surface area contributed by atoms with E-state index in [0.717, 1.165) is 95.1 Å². The van der Waals surface area contributed by atoms with Crippen LogP contribution >= 0.6 is 0 Å². The Morgan fingerprint density at radius 2 is 0.550 bits per heavy atom. The second-order valence-corrected chi connectivity index (χ2v) is 21.2. The van der Waals surface area contributed by atoms with Crippen LogP contribution < -0.4 is 0 Å². The number of rotatable bonds is 13. The normalized spacial score (nSPS) is 11.4. The zero-order valence-corrected chi connectivity index (χ0v) is 45.1. The van der Waals surface area contributed by atoms with Crippen LogP contribution in [0, 0.1) is 0 Å². The molecule has 0 fully saturated rings. The Hall–Kier alpha value is -10.2. The van der Waals surface area contributed by atoms with Gasteiger partial charge in [-0.3, -0.25) is 0 Å². The van der Waals surface area contributed by atoms with Gasteiger partial charge in [-0.1, -0.05) is 294 Å². The number of benzene rings is 10. The van der Waals surface area contributed by atoms with Crippen molar-refractivity contribution in [3.8, 4) is 112 Å². The molecule has 12 aromatic rings. The Morgan fingerprint density at radius 3 is 0.963 bits per heavy atom. The van der Waals surface area contributed by atoms with E-state index in [2.05, 4.69) is 270 Å². The molecule has 80 heavy (non-hydrogen) atoms. The maximum atomic E-state index is 5.18. The van der Waals surface area contributed by atoms with Crippen LogP contribution in [0.5, 0.6) is 0 Å². The van der Waals surface area contributed by atoms with Crippen molar-refractivity contribution in [1.82, 2.24) is 19.9 Å². The van der Waals surface area contributed by atoms with E-state index in [0.29, 0.717) is 11.6 Å². The monoisotopic (exact) mass is 1030 g/mol. The SMILES string of the molecule is C=Cc1ccc(-c2ccc(-c3cccc(-c4cc(-c5ccccc5)nc(-c5ccc(/C=C/c6ccc(-c7ccc(-c8ccc(-c9cc(-c%10ccc(C(C)(C)C)cc%10)nc(-c%10ccccc%10)n9)cc8)cc7)cc6)cc5)n4)c3)cc2)cc1. The lowest BCUT2D eigenvalue weighted by Crippen LogP contribution is -2.10. The van der Waals surface area contributed by atoms with Crippen LogP contribution in [0.1, 0.15) is 43.0 Å². The lowest BCUT2D eigenvalue weighted by atomic mass is 9.86. The highest BCUT2D eigenvalue weighted by Crippen LogP contribution is 2.35. The molecule has 0 N–H and O–H groups in total. The Bertz CT molecular complexity index is 4120. The lowest BCUT2D eigenvalue weighted by molar-refractivity contribution is 0.590. The summed E-state index contributed by atoms with van der Waals surface area (Å²) in [5.41, 5.74) is 23.6. The Labute approximate surface area is 469 Å². The number of hydrogen-bond acceptors (Lipinski definition) is 4. The third kappa shape index (κ3) is 11.4. The van der Waals surface area contributed by atoms with Gasteiger partial charge in [0.1, 0.15) is 0 Å². The Morgan fingerprint density at radius 1 is 0.263 bits per heavy atom. The molecule has 0 atom stereocenters. The van der Waals surface area contributed by atoms with Gasteiger partial charge < -0.3 is 0 Å². The predicted octanol–water partition coefficient (Wildman–Crippen LogP) is 20.0. The van der Waals surface area contributed by atoms with Gasteiger partial charge >= 0.3 is 0 Å². The maximum absolute atomic E-state index is 5.18. The van der Waals surface area contributed by atoms with E-state index < -0.39 is 0 Å². The van der Waals surface area contributed by atoms with Crippen molar-refractivity contribution in [3.63, 3.8) is 0 Å². The van der Waals surface area contributed by atoms with Crippen LogP contribution in [0.2, 0.25) is 0 Å². The van der Waals surface area contributed by atoms with E-state index >= 15 is 0 Å². The van der Waals surface area contributed by atoms with Crippen LogP contribution in [0.4, 0.5) is 0 Å². The number of hydrogen-bond donors (Lipinski definition) is 0. The highest BCUT2D eigenvalue weighted by atomic mass is 14.9. The minimum Gasteiger partial charge on any atom is -0.228 e. The summed E-state index contributed by atoms with van der Waals surface area (Å²) in [6, 6.07) is 94.1. The Kier molecular flexibility index (Phi) is 14.2. The van der Waals surface area contributed by atoms with Gasteiger partial charge in [-0.2, -0.15) is 0 Å². The van der Waals surface area contributed by atoms with E-state index in [1.54, 1.807) is 0 Å². The predicted molar refractivity (Wildman–Crippen MR) is 336 cm³/mol. The topological polar surface area (TPSA) is 51.6 Å². The van der Waals surface area contributed by atoms with Gasteiger partial charge in [0.15, 0.2) is 11.6 Å². The van der Waals surface area contributed by atoms with E-state index in [9.17, 15) is 0 Å². The third-order valence-corrected chi connectivity index (χ3v) is 14.7. The van der Waals surface area contributed by atoms with Crippen LogP contribution in [-0.2, 0) is 5.41 Å². The Balaban J connectivity index is 0.725. The molecule has 0 amide bonds. The smallest absolute Gasteiger partial charge is 0.160 e. The van der Waals surface area contributed by atoms with Crippen molar-refractivity contribution in [3.05, 3.63) is 296 Å². The van der Waals surface area contributed by atoms with E-state index in [4.69, 9.17) is 19.9 Å². The quantitative estimate of drug-likeness (QED) is 0.108. The van der Waals surface area contributed by atoms with Crippen LogP contribution in [-0.4, -0.2) is 19.9 Å². The fourth-order valence-corrected chi connectivity index (χ4v) is 10.0. The van der Waals surface area contributed by atoms with Gasteiger partial charge in [0.25, 0.3) is 0 Å². The molecular formula is C76H58N4. The molecule has 0 spiro atoms. The summed E-state index contributed by atoms with van der Waals surface area (Å²) in [5, 5.41) is 0. The third-order valence-electron chi connectivity index (χ3n) is 14.7. The zero-order valence-electron chi connectivity index (χ0n) is 45.1. The van der Waals surface area contributed by atoms with Crippen molar-refractivity contribution in [2.45, 2.75) is 26.2 Å². The average Bonchev–Trinajstić information content (AvgIpc) is 3.65. The summed E-state index contributed by atoms with van der Waals surface area (Å²) in [7, 11) is 0. The van der Waals surface area contributed by atoms with Crippen molar-refractivity contribution in [1.29, 1.82) is 0 Å².